The molecule has 1 fully saturated rings. The number of ether oxygens (including phenoxy) is 1. The van der Waals surface area contributed by atoms with Crippen LogP contribution in [0.1, 0.15) is 57.2 Å². The van der Waals surface area contributed by atoms with E-state index in [2.05, 4.69) is 29.0 Å². The summed E-state index contributed by atoms with van der Waals surface area (Å²) < 4.78 is 7.61. The van der Waals surface area contributed by atoms with Gasteiger partial charge in [0.1, 0.15) is 0 Å². The van der Waals surface area contributed by atoms with Crippen LogP contribution in [0.25, 0.3) is 0 Å². The second-order valence-electron chi connectivity index (χ2n) is 5.59. The van der Waals surface area contributed by atoms with Crippen molar-refractivity contribution in [2.24, 2.45) is 5.73 Å². The number of aromatic nitrogens is 2. The molecule has 0 aromatic carbocycles. The van der Waals surface area contributed by atoms with E-state index in [4.69, 9.17) is 10.5 Å². The molecule has 1 aliphatic rings. The summed E-state index contributed by atoms with van der Waals surface area (Å²) in [6.45, 7) is 3.72. The number of nitrogens with zero attached hydrogens (tertiary/aromatic N) is 2. The highest BCUT2D eigenvalue weighted by atomic mass is 16.5. The first-order valence-corrected chi connectivity index (χ1v) is 7.67. The summed E-state index contributed by atoms with van der Waals surface area (Å²) >= 11 is 0. The third-order valence-electron chi connectivity index (χ3n) is 3.82. The minimum Gasteiger partial charge on any atom is -0.381 e. The standard InChI is InChI=1S/C15H27N3O/c1-2-10-19-11-8-13(16)12-14-7-9-18(17-14)15-5-3-4-6-15/h7,9,13,15H,2-6,8,10-12,16H2,1H3. The molecule has 2 rings (SSSR count). The van der Waals surface area contributed by atoms with Gasteiger partial charge in [0, 0.05) is 31.9 Å². The summed E-state index contributed by atoms with van der Waals surface area (Å²) in [6.07, 6.45) is 10.2. The Kier molecular flexibility index (Phi) is 5.86. The lowest BCUT2D eigenvalue weighted by atomic mass is 10.1. The van der Waals surface area contributed by atoms with Gasteiger partial charge in [-0.1, -0.05) is 19.8 Å². The van der Waals surface area contributed by atoms with Crippen LogP contribution in [0.3, 0.4) is 0 Å². The Bertz CT molecular complexity index is 358. The molecule has 108 valence electrons. The maximum atomic E-state index is 6.12. The predicted molar refractivity (Wildman–Crippen MR) is 77.1 cm³/mol. The van der Waals surface area contributed by atoms with E-state index in [-0.39, 0.29) is 6.04 Å². The number of nitrogens with two attached hydrogens (primary N) is 1. The minimum absolute atomic E-state index is 0.156. The van der Waals surface area contributed by atoms with Gasteiger partial charge in [0.2, 0.25) is 0 Å². The smallest absolute Gasteiger partial charge is 0.0640 e. The van der Waals surface area contributed by atoms with Crippen LogP contribution >= 0.6 is 0 Å². The monoisotopic (exact) mass is 265 g/mol. The third kappa shape index (κ3) is 4.62. The first kappa shape index (κ1) is 14.5. The van der Waals surface area contributed by atoms with Crippen LogP contribution in [0.4, 0.5) is 0 Å². The topological polar surface area (TPSA) is 53.1 Å². The van der Waals surface area contributed by atoms with E-state index in [1.807, 2.05) is 0 Å². The highest BCUT2D eigenvalue weighted by Gasteiger charge is 2.17. The molecule has 0 spiro atoms. The maximum Gasteiger partial charge on any atom is 0.0640 e. The van der Waals surface area contributed by atoms with Crippen LogP contribution in [0.15, 0.2) is 12.3 Å². The van der Waals surface area contributed by atoms with E-state index in [0.29, 0.717) is 6.04 Å². The molecule has 1 saturated carbocycles. The average molecular weight is 265 g/mol. The van der Waals surface area contributed by atoms with E-state index in [1.165, 1.54) is 25.7 Å². The molecule has 2 N–H and O–H groups in total. The molecule has 1 aromatic heterocycles. The van der Waals surface area contributed by atoms with Crippen molar-refractivity contribution in [2.75, 3.05) is 13.2 Å². The van der Waals surface area contributed by atoms with Crippen LogP contribution in [-0.2, 0) is 11.2 Å². The van der Waals surface area contributed by atoms with Crippen LogP contribution < -0.4 is 5.73 Å². The minimum atomic E-state index is 0.156. The quantitative estimate of drug-likeness (QED) is 0.735. The SMILES string of the molecule is CCCOCCC(N)Cc1ccn(C2CCCC2)n1. The Morgan fingerprint density at radius 1 is 1.42 bits per heavy atom. The summed E-state index contributed by atoms with van der Waals surface area (Å²) in [7, 11) is 0. The van der Waals surface area contributed by atoms with Crippen molar-refractivity contribution in [3.63, 3.8) is 0 Å². The fourth-order valence-electron chi connectivity index (χ4n) is 2.71. The molecule has 0 radical (unpaired) electrons. The van der Waals surface area contributed by atoms with Gasteiger partial charge < -0.3 is 10.5 Å². The number of hydrogen-bond acceptors (Lipinski definition) is 3. The molecule has 1 aliphatic carbocycles. The zero-order chi connectivity index (χ0) is 13.5. The Morgan fingerprint density at radius 2 is 2.21 bits per heavy atom. The predicted octanol–water partition coefficient (Wildman–Crippen LogP) is 2.68. The second kappa shape index (κ2) is 7.65. The molecule has 0 aliphatic heterocycles. The Morgan fingerprint density at radius 3 is 2.95 bits per heavy atom. The van der Waals surface area contributed by atoms with E-state index < -0.39 is 0 Å². The van der Waals surface area contributed by atoms with Gasteiger partial charge in [-0.15, -0.1) is 0 Å². The molecule has 0 saturated heterocycles. The third-order valence-corrected chi connectivity index (χ3v) is 3.82. The first-order valence-electron chi connectivity index (χ1n) is 7.67. The van der Waals surface area contributed by atoms with Crippen LogP contribution in [-0.4, -0.2) is 29.0 Å². The number of hydrogen-bond donors (Lipinski definition) is 1. The summed E-state index contributed by atoms with van der Waals surface area (Å²) in [6, 6.07) is 2.90. The maximum absolute atomic E-state index is 6.12. The highest BCUT2D eigenvalue weighted by Crippen LogP contribution is 2.28. The molecule has 4 heteroatoms. The number of rotatable bonds is 8. The van der Waals surface area contributed by atoms with Crippen molar-refractivity contribution in [2.45, 2.75) is 64.0 Å². The van der Waals surface area contributed by atoms with Crippen molar-refractivity contribution in [3.05, 3.63) is 18.0 Å². The highest BCUT2D eigenvalue weighted by molar-refractivity contribution is 5.02. The largest absolute Gasteiger partial charge is 0.381 e. The van der Waals surface area contributed by atoms with Gasteiger partial charge in [-0.05, 0) is 31.7 Å². The van der Waals surface area contributed by atoms with Gasteiger partial charge in [0.25, 0.3) is 0 Å². The fourth-order valence-corrected chi connectivity index (χ4v) is 2.71. The van der Waals surface area contributed by atoms with Gasteiger partial charge in [0.15, 0.2) is 0 Å². The first-order chi connectivity index (χ1) is 9.29. The summed E-state index contributed by atoms with van der Waals surface area (Å²) in [5, 5.41) is 4.67. The fraction of sp³-hybridized carbons (Fsp3) is 0.800. The molecular formula is C15H27N3O. The van der Waals surface area contributed by atoms with Gasteiger partial charge in [0.05, 0.1) is 11.7 Å². The molecule has 1 heterocycles. The normalized spacial score (nSPS) is 18.0. The Hall–Kier alpha value is -0.870. The van der Waals surface area contributed by atoms with Crippen molar-refractivity contribution in [3.8, 4) is 0 Å². The molecule has 19 heavy (non-hydrogen) atoms. The van der Waals surface area contributed by atoms with Crippen molar-refractivity contribution in [1.29, 1.82) is 0 Å². The lowest BCUT2D eigenvalue weighted by Crippen LogP contribution is -2.25. The van der Waals surface area contributed by atoms with Gasteiger partial charge in [-0.2, -0.15) is 5.10 Å². The Labute approximate surface area is 116 Å². The molecule has 1 unspecified atom stereocenters. The van der Waals surface area contributed by atoms with Crippen LogP contribution in [0, 0.1) is 0 Å². The van der Waals surface area contributed by atoms with Crippen LogP contribution in [0.2, 0.25) is 0 Å². The van der Waals surface area contributed by atoms with E-state index in [1.54, 1.807) is 0 Å². The van der Waals surface area contributed by atoms with E-state index in [9.17, 15) is 0 Å². The molecule has 4 nitrogen and oxygen atoms in total. The zero-order valence-electron chi connectivity index (χ0n) is 12.1. The van der Waals surface area contributed by atoms with Crippen molar-refractivity contribution in [1.82, 2.24) is 9.78 Å². The van der Waals surface area contributed by atoms with Crippen molar-refractivity contribution < 1.29 is 4.74 Å². The van der Waals surface area contributed by atoms with Crippen molar-refractivity contribution >= 4 is 0 Å². The van der Waals surface area contributed by atoms with Gasteiger partial charge >= 0.3 is 0 Å². The molecule has 0 amide bonds. The molecule has 1 atom stereocenters. The molecular weight excluding hydrogens is 238 g/mol. The summed E-state index contributed by atoms with van der Waals surface area (Å²) in [5.41, 5.74) is 7.24. The van der Waals surface area contributed by atoms with E-state index >= 15 is 0 Å². The Balaban J connectivity index is 1.72. The molecule has 0 bridgehead atoms. The summed E-state index contributed by atoms with van der Waals surface area (Å²) in [5.74, 6) is 0. The second-order valence-corrected chi connectivity index (χ2v) is 5.59. The summed E-state index contributed by atoms with van der Waals surface area (Å²) in [4.78, 5) is 0. The lowest BCUT2D eigenvalue weighted by molar-refractivity contribution is 0.127. The lowest BCUT2D eigenvalue weighted by Gasteiger charge is -2.11. The zero-order valence-corrected chi connectivity index (χ0v) is 12.1. The molecule has 1 aromatic rings. The van der Waals surface area contributed by atoms with Gasteiger partial charge in [-0.3, -0.25) is 4.68 Å². The average Bonchev–Trinajstić information content (AvgIpc) is 3.04. The van der Waals surface area contributed by atoms with Gasteiger partial charge in [-0.25, -0.2) is 0 Å². The van der Waals surface area contributed by atoms with Crippen LogP contribution in [0.5, 0.6) is 0 Å². The van der Waals surface area contributed by atoms with E-state index in [0.717, 1.165) is 38.2 Å².